The van der Waals surface area contributed by atoms with Crippen molar-refractivity contribution in [2.45, 2.75) is 26.8 Å². The van der Waals surface area contributed by atoms with Crippen molar-refractivity contribution in [3.05, 3.63) is 72.6 Å². The first-order valence-corrected chi connectivity index (χ1v) is 9.80. The number of pyridine rings is 1. The number of rotatable bonds is 4. The lowest BCUT2D eigenvalue weighted by molar-refractivity contribution is 0.450. The van der Waals surface area contributed by atoms with Gasteiger partial charge in [-0.05, 0) is 56.2 Å². The van der Waals surface area contributed by atoms with Gasteiger partial charge < -0.3 is 9.84 Å². The van der Waals surface area contributed by atoms with Crippen molar-refractivity contribution in [2.24, 2.45) is 0 Å². The van der Waals surface area contributed by atoms with Crippen LogP contribution in [0.15, 0.2) is 71.4 Å². The van der Waals surface area contributed by atoms with Crippen molar-refractivity contribution in [2.75, 3.05) is 5.32 Å². The Morgan fingerprint density at radius 1 is 0.931 bits per heavy atom. The molecule has 3 heterocycles. The van der Waals surface area contributed by atoms with Crippen LogP contribution < -0.4 is 5.32 Å². The number of anilines is 1. The molecule has 0 radical (unpaired) electrons. The molecular weight excluding hydrogens is 360 g/mol. The Hall–Kier alpha value is -3.60. The quantitative estimate of drug-likeness (QED) is 0.418. The molecule has 0 amide bonds. The minimum atomic E-state index is 0.312. The Labute approximate surface area is 169 Å². The van der Waals surface area contributed by atoms with Gasteiger partial charge in [-0.2, -0.15) is 0 Å². The van der Waals surface area contributed by atoms with E-state index < -0.39 is 0 Å². The van der Waals surface area contributed by atoms with Crippen molar-refractivity contribution >= 4 is 22.4 Å². The zero-order valence-electron chi connectivity index (χ0n) is 16.7. The van der Waals surface area contributed by atoms with E-state index in [0.29, 0.717) is 6.04 Å². The predicted molar refractivity (Wildman–Crippen MR) is 117 cm³/mol. The monoisotopic (exact) mass is 382 g/mol. The lowest BCUT2D eigenvalue weighted by atomic mass is 10.0. The van der Waals surface area contributed by atoms with E-state index in [1.165, 1.54) is 0 Å². The highest BCUT2D eigenvalue weighted by Gasteiger charge is 2.15. The minimum absolute atomic E-state index is 0.312. The summed E-state index contributed by atoms with van der Waals surface area (Å²) in [4.78, 5) is 4.86. The number of aromatic nitrogens is 3. The van der Waals surface area contributed by atoms with E-state index in [2.05, 4.69) is 65.1 Å². The second-order valence-electron chi connectivity index (χ2n) is 7.59. The van der Waals surface area contributed by atoms with E-state index in [0.717, 1.165) is 50.5 Å². The molecule has 29 heavy (non-hydrogen) atoms. The summed E-state index contributed by atoms with van der Waals surface area (Å²) >= 11 is 0. The maximum absolute atomic E-state index is 5.32. The number of hydrogen-bond acceptors (Lipinski definition) is 4. The molecule has 0 atom stereocenters. The van der Waals surface area contributed by atoms with Gasteiger partial charge in [-0.1, -0.05) is 41.6 Å². The summed E-state index contributed by atoms with van der Waals surface area (Å²) in [5.74, 6) is 1.02. The first-order chi connectivity index (χ1) is 14.1. The van der Waals surface area contributed by atoms with Gasteiger partial charge in [0.15, 0.2) is 5.58 Å². The zero-order valence-corrected chi connectivity index (χ0v) is 16.7. The number of imidazole rings is 1. The molecule has 5 heteroatoms. The molecule has 144 valence electrons. The van der Waals surface area contributed by atoms with Crippen molar-refractivity contribution in [3.63, 3.8) is 0 Å². The third-order valence-corrected chi connectivity index (χ3v) is 5.10. The average Bonchev–Trinajstić information content (AvgIpc) is 3.28. The van der Waals surface area contributed by atoms with Gasteiger partial charge in [0.25, 0.3) is 0 Å². The average molecular weight is 382 g/mol. The fourth-order valence-electron chi connectivity index (χ4n) is 3.67. The topological polar surface area (TPSA) is 55.4 Å². The Balaban J connectivity index is 1.57. The van der Waals surface area contributed by atoms with Gasteiger partial charge >= 0.3 is 0 Å². The molecule has 5 aromatic rings. The van der Waals surface area contributed by atoms with Gasteiger partial charge in [-0.25, -0.2) is 4.98 Å². The normalized spacial score (nSPS) is 11.6. The molecule has 0 saturated carbocycles. The molecular formula is C24H22N4O. The van der Waals surface area contributed by atoms with Crippen LogP contribution in [0.2, 0.25) is 0 Å². The van der Waals surface area contributed by atoms with Gasteiger partial charge in [0.2, 0.25) is 0 Å². The summed E-state index contributed by atoms with van der Waals surface area (Å²) in [6.07, 6.45) is 2.04. The smallest absolute Gasteiger partial charge is 0.167 e. The molecule has 0 spiro atoms. The van der Waals surface area contributed by atoms with Crippen molar-refractivity contribution in [1.29, 1.82) is 0 Å². The van der Waals surface area contributed by atoms with Crippen molar-refractivity contribution in [1.82, 2.24) is 14.5 Å². The maximum atomic E-state index is 5.32. The van der Waals surface area contributed by atoms with Gasteiger partial charge in [0.05, 0.1) is 5.69 Å². The molecule has 0 saturated heterocycles. The Morgan fingerprint density at radius 3 is 2.48 bits per heavy atom. The van der Waals surface area contributed by atoms with Crippen molar-refractivity contribution < 1.29 is 4.52 Å². The van der Waals surface area contributed by atoms with E-state index in [-0.39, 0.29) is 0 Å². The second-order valence-corrected chi connectivity index (χ2v) is 7.59. The Bertz CT molecular complexity index is 1310. The number of hydrogen-bond donors (Lipinski definition) is 1. The second kappa shape index (κ2) is 6.78. The van der Waals surface area contributed by atoms with Crippen LogP contribution in [0.25, 0.3) is 39.0 Å². The molecule has 5 nitrogen and oxygen atoms in total. The van der Waals surface area contributed by atoms with Crippen LogP contribution in [-0.2, 0) is 0 Å². The van der Waals surface area contributed by atoms with E-state index >= 15 is 0 Å². The summed E-state index contributed by atoms with van der Waals surface area (Å²) in [5, 5.41) is 8.64. The zero-order chi connectivity index (χ0) is 20.0. The minimum Gasteiger partial charge on any atom is -0.367 e. The molecule has 0 unspecified atom stereocenters. The Kier molecular flexibility index (Phi) is 4.09. The molecule has 0 aliphatic heterocycles. The summed E-state index contributed by atoms with van der Waals surface area (Å²) in [7, 11) is 0. The standard InChI is InChI=1S/C24H22N4O/c1-15(2)25-24-23(26-22-6-4-5-13-28(22)24)18-9-7-17(8-10-18)19-11-12-21-20(14-19)16(3)27-29-21/h4-15,25H,1-3H3. The fourth-order valence-corrected chi connectivity index (χ4v) is 3.67. The first-order valence-electron chi connectivity index (χ1n) is 9.80. The number of fused-ring (bicyclic) bond motifs is 2. The SMILES string of the molecule is Cc1noc2ccc(-c3ccc(-c4nc5ccccn5c4NC(C)C)cc3)cc12. The molecule has 0 aliphatic carbocycles. The summed E-state index contributed by atoms with van der Waals surface area (Å²) in [6, 6.07) is 21.1. The summed E-state index contributed by atoms with van der Waals surface area (Å²) in [6.45, 7) is 6.24. The van der Waals surface area contributed by atoms with Gasteiger partial charge in [0.1, 0.15) is 17.2 Å². The molecule has 5 rings (SSSR count). The van der Waals surface area contributed by atoms with E-state index in [9.17, 15) is 0 Å². The first kappa shape index (κ1) is 17.5. The highest BCUT2D eigenvalue weighted by atomic mass is 16.5. The number of nitrogens with zero attached hydrogens (tertiary/aromatic N) is 3. The van der Waals surface area contributed by atoms with Crippen LogP contribution in [0.1, 0.15) is 19.5 Å². The maximum Gasteiger partial charge on any atom is 0.167 e. The third kappa shape index (κ3) is 3.05. The predicted octanol–water partition coefficient (Wildman–Crippen LogP) is 5.94. The van der Waals surface area contributed by atoms with E-state index in [4.69, 9.17) is 9.51 Å². The summed E-state index contributed by atoms with van der Waals surface area (Å²) in [5.41, 5.74) is 7.00. The third-order valence-electron chi connectivity index (χ3n) is 5.10. The molecule has 2 aromatic carbocycles. The van der Waals surface area contributed by atoms with Crippen LogP contribution >= 0.6 is 0 Å². The number of aryl methyl sites for hydroxylation is 1. The lowest BCUT2D eigenvalue weighted by Gasteiger charge is -2.12. The Morgan fingerprint density at radius 2 is 1.69 bits per heavy atom. The summed E-state index contributed by atoms with van der Waals surface area (Å²) < 4.78 is 7.43. The van der Waals surface area contributed by atoms with E-state index in [1.807, 2.05) is 37.4 Å². The fraction of sp³-hybridized carbons (Fsp3) is 0.167. The molecule has 1 N–H and O–H groups in total. The van der Waals surface area contributed by atoms with Crippen LogP contribution in [0.5, 0.6) is 0 Å². The highest BCUT2D eigenvalue weighted by molar-refractivity contribution is 5.86. The molecule has 0 bridgehead atoms. The van der Waals surface area contributed by atoms with Crippen LogP contribution in [0.4, 0.5) is 5.82 Å². The van der Waals surface area contributed by atoms with E-state index in [1.54, 1.807) is 0 Å². The number of benzene rings is 2. The highest BCUT2D eigenvalue weighted by Crippen LogP contribution is 2.32. The van der Waals surface area contributed by atoms with Crippen LogP contribution in [0.3, 0.4) is 0 Å². The van der Waals surface area contributed by atoms with Crippen LogP contribution in [0, 0.1) is 6.92 Å². The van der Waals surface area contributed by atoms with Crippen LogP contribution in [-0.4, -0.2) is 20.6 Å². The largest absolute Gasteiger partial charge is 0.367 e. The molecule has 3 aromatic heterocycles. The molecule has 0 fully saturated rings. The van der Waals surface area contributed by atoms with Gasteiger partial charge in [-0.15, -0.1) is 0 Å². The van der Waals surface area contributed by atoms with Crippen molar-refractivity contribution in [3.8, 4) is 22.4 Å². The van der Waals surface area contributed by atoms with Gasteiger partial charge in [0, 0.05) is 23.2 Å². The number of nitrogens with one attached hydrogen (secondary N) is 1. The molecule has 0 aliphatic rings. The van der Waals surface area contributed by atoms with Gasteiger partial charge in [-0.3, -0.25) is 4.40 Å². The lowest BCUT2D eigenvalue weighted by Crippen LogP contribution is -2.12.